The molecule has 0 radical (unpaired) electrons. The van der Waals surface area contributed by atoms with Crippen LogP contribution in [0.5, 0.6) is 0 Å². The van der Waals surface area contributed by atoms with Gasteiger partial charge in [-0.2, -0.15) is 0 Å². The van der Waals surface area contributed by atoms with E-state index in [2.05, 4.69) is 10.6 Å². The molecule has 2 amide bonds. The van der Waals surface area contributed by atoms with E-state index < -0.39 is 23.8 Å². The summed E-state index contributed by atoms with van der Waals surface area (Å²) in [5.74, 6) is -2.46. The van der Waals surface area contributed by atoms with Crippen molar-refractivity contribution in [1.82, 2.24) is 10.6 Å². The zero-order valence-corrected chi connectivity index (χ0v) is 18.5. The summed E-state index contributed by atoms with van der Waals surface area (Å²) in [6.07, 6.45) is -0.135. The molecule has 3 aromatic carbocycles. The largest absolute Gasteiger partial charge is 0.480 e. The van der Waals surface area contributed by atoms with Gasteiger partial charge in [0, 0.05) is 18.8 Å². The van der Waals surface area contributed by atoms with Gasteiger partial charge in [-0.25, -0.2) is 4.79 Å². The number of carboxylic acids is 1. The number of hydrogen-bond acceptors (Lipinski definition) is 3. The molecule has 0 saturated heterocycles. The highest BCUT2D eigenvalue weighted by Gasteiger charge is 2.32. The van der Waals surface area contributed by atoms with Crippen LogP contribution in [-0.2, 0) is 14.4 Å². The van der Waals surface area contributed by atoms with Crippen LogP contribution in [0.15, 0.2) is 91.0 Å². The fourth-order valence-corrected chi connectivity index (χ4v) is 3.80. The molecule has 3 rings (SSSR count). The van der Waals surface area contributed by atoms with Crippen molar-refractivity contribution in [1.29, 1.82) is 0 Å². The van der Waals surface area contributed by atoms with Gasteiger partial charge in [0.05, 0.1) is 6.04 Å². The zero-order chi connectivity index (χ0) is 23.6. The number of benzene rings is 3. The van der Waals surface area contributed by atoms with Gasteiger partial charge in [0.25, 0.3) is 0 Å². The lowest BCUT2D eigenvalue weighted by molar-refractivity contribution is -0.142. The third kappa shape index (κ3) is 6.77. The average molecular weight is 445 g/mol. The van der Waals surface area contributed by atoms with Gasteiger partial charge in [0.2, 0.25) is 11.8 Å². The molecule has 0 spiro atoms. The quantitative estimate of drug-likeness (QED) is 0.440. The molecule has 0 saturated carbocycles. The van der Waals surface area contributed by atoms with Crippen LogP contribution in [0.1, 0.15) is 48.4 Å². The van der Waals surface area contributed by atoms with Crippen LogP contribution in [0.2, 0.25) is 0 Å². The highest BCUT2D eigenvalue weighted by molar-refractivity contribution is 5.87. The molecule has 0 fully saturated rings. The summed E-state index contributed by atoms with van der Waals surface area (Å²) in [6, 6.07) is 26.6. The van der Waals surface area contributed by atoms with E-state index in [-0.39, 0.29) is 24.8 Å². The average Bonchev–Trinajstić information content (AvgIpc) is 2.84. The molecule has 0 aliphatic heterocycles. The summed E-state index contributed by atoms with van der Waals surface area (Å²) >= 11 is 0. The van der Waals surface area contributed by atoms with E-state index in [9.17, 15) is 19.5 Å². The van der Waals surface area contributed by atoms with Crippen LogP contribution in [0.25, 0.3) is 0 Å². The van der Waals surface area contributed by atoms with E-state index in [1.54, 1.807) is 0 Å². The smallest absolute Gasteiger partial charge is 0.327 e. The Morgan fingerprint density at radius 2 is 1.06 bits per heavy atom. The minimum Gasteiger partial charge on any atom is -0.480 e. The summed E-state index contributed by atoms with van der Waals surface area (Å²) in [4.78, 5) is 37.1. The van der Waals surface area contributed by atoms with Crippen LogP contribution in [0.3, 0.4) is 0 Å². The van der Waals surface area contributed by atoms with Crippen LogP contribution >= 0.6 is 0 Å². The van der Waals surface area contributed by atoms with Crippen molar-refractivity contribution < 1.29 is 19.5 Å². The number of rotatable bonds is 10. The second kappa shape index (κ2) is 11.6. The maximum Gasteiger partial charge on any atom is 0.327 e. The second-order valence-electron chi connectivity index (χ2n) is 7.88. The first kappa shape index (κ1) is 23.7. The summed E-state index contributed by atoms with van der Waals surface area (Å²) in [5.41, 5.74) is 2.53. The van der Waals surface area contributed by atoms with Gasteiger partial charge in [0.15, 0.2) is 0 Å². The first-order valence-electron chi connectivity index (χ1n) is 10.9. The van der Waals surface area contributed by atoms with Gasteiger partial charge in [-0.1, -0.05) is 91.0 Å². The first-order chi connectivity index (χ1) is 16.0. The lowest BCUT2D eigenvalue weighted by Crippen LogP contribution is -2.45. The maximum absolute atomic E-state index is 12.6. The van der Waals surface area contributed by atoms with E-state index in [1.165, 1.54) is 0 Å². The molecule has 6 nitrogen and oxygen atoms in total. The Kier molecular flexibility index (Phi) is 8.36. The number of hydrogen-bond donors (Lipinski definition) is 3. The SMILES string of the molecule is C[C@@H](NC(=O)CCC(=O)N[C@H](C(=O)O)C(c1ccccc1)c1ccccc1)c1ccccc1. The number of amides is 2. The Bertz CT molecular complexity index is 1020. The predicted octanol–water partition coefficient (Wildman–Crippen LogP) is 4.05. The van der Waals surface area contributed by atoms with E-state index in [1.807, 2.05) is 97.9 Å². The molecule has 0 aliphatic rings. The molecule has 2 atom stereocenters. The van der Waals surface area contributed by atoms with Crippen LogP contribution < -0.4 is 10.6 Å². The van der Waals surface area contributed by atoms with Gasteiger partial charge in [-0.05, 0) is 23.6 Å². The number of carbonyl (C=O) groups is 3. The summed E-state index contributed by atoms with van der Waals surface area (Å²) in [6.45, 7) is 1.87. The van der Waals surface area contributed by atoms with E-state index >= 15 is 0 Å². The lowest BCUT2D eigenvalue weighted by Gasteiger charge is -2.26. The Morgan fingerprint density at radius 3 is 1.48 bits per heavy atom. The topological polar surface area (TPSA) is 95.5 Å². The van der Waals surface area contributed by atoms with Crippen molar-refractivity contribution in [2.24, 2.45) is 0 Å². The van der Waals surface area contributed by atoms with Gasteiger partial charge >= 0.3 is 5.97 Å². The van der Waals surface area contributed by atoms with Gasteiger partial charge in [-0.15, -0.1) is 0 Å². The van der Waals surface area contributed by atoms with E-state index in [0.29, 0.717) is 0 Å². The van der Waals surface area contributed by atoms with Crippen LogP contribution in [0.4, 0.5) is 0 Å². The van der Waals surface area contributed by atoms with Crippen LogP contribution in [0, 0.1) is 0 Å². The number of carboxylic acid groups (broad SMARTS) is 1. The second-order valence-corrected chi connectivity index (χ2v) is 7.88. The number of carbonyl (C=O) groups excluding carboxylic acids is 2. The lowest BCUT2D eigenvalue weighted by atomic mass is 9.85. The first-order valence-corrected chi connectivity index (χ1v) is 10.9. The van der Waals surface area contributed by atoms with Crippen molar-refractivity contribution in [3.05, 3.63) is 108 Å². The highest BCUT2D eigenvalue weighted by atomic mass is 16.4. The van der Waals surface area contributed by atoms with Crippen molar-refractivity contribution in [2.45, 2.75) is 37.8 Å². The minimum absolute atomic E-state index is 0.0311. The van der Waals surface area contributed by atoms with Crippen molar-refractivity contribution in [3.63, 3.8) is 0 Å². The zero-order valence-electron chi connectivity index (χ0n) is 18.5. The third-order valence-corrected chi connectivity index (χ3v) is 5.49. The molecule has 0 unspecified atom stereocenters. The molecular weight excluding hydrogens is 416 g/mol. The van der Waals surface area contributed by atoms with E-state index in [0.717, 1.165) is 16.7 Å². The Hall–Kier alpha value is -3.93. The molecule has 6 heteroatoms. The van der Waals surface area contributed by atoms with Crippen molar-refractivity contribution in [3.8, 4) is 0 Å². The molecule has 0 bridgehead atoms. The predicted molar refractivity (Wildman–Crippen MR) is 127 cm³/mol. The Balaban J connectivity index is 1.66. The standard InChI is InChI=1S/C27H28N2O4/c1-19(20-11-5-2-6-12-20)28-23(30)17-18-24(31)29-26(27(32)33)25(21-13-7-3-8-14-21)22-15-9-4-10-16-22/h2-16,19,25-26H,17-18H2,1H3,(H,28,30)(H,29,31)(H,32,33)/t19-,26+/m1/s1. The maximum atomic E-state index is 12.6. The summed E-state index contributed by atoms with van der Waals surface area (Å²) in [5, 5.41) is 15.4. The normalized spacial score (nSPS) is 12.5. The number of nitrogens with one attached hydrogen (secondary N) is 2. The van der Waals surface area contributed by atoms with Gasteiger partial charge < -0.3 is 15.7 Å². The fraction of sp³-hybridized carbons (Fsp3) is 0.222. The summed E-state index contributed by atoms with van der Waals surface area (Å²) in [7, 11) is 0. The highest BCUT2D eigenvalue weighted by Crippen LogP contribution is 2.28. The third-order valence-electron chi connectivity index (χ3n) is 5.49. The molecule has 0 heterocycles. The number of aliphatic carboxylic acids is 1. The van der Waals surface area contributed by atoms with Crippen molar-refractivity contribution in [2.75, 3.05) is 0 Å². The monoisotopic (exact) mass is 444 g/mol. The van der Waals surface area contributed by atoms with Crippen molar-refractivity contribution >= 4 is 17.8 Å². The minimum atomic E-state index is -1.17. The molecule has 3 aromatic rings. The fourth-order valence-electron chi connectivity index (χ4n) is 3.80. The molecule has 33 heavy (non-hydrogen) atoms. The summed E-state index contributed by atoms with van der Waals surface area (Å²) < 4.78 is 0. The Morgan fingerprint density at radius 1 is 0.667 bits per heavy atom. The molecule has 0 aromatic heterocycles. The van der Waals surface area contributed by atoms with Gasteiger partial charge in [0.1, 0.15) is 6.04 Å². The van der Waals surface area contributed by atoms with Crippen LogP contribution in [-0.4, -0.2) is 28.9 Å². The molecule has 170 valence electrons. The van der Waals surface area contributed by atoms with E-state index in [4.69, 9.17) is 0 Å². The van der Waals surface area contributed by atoms with Gasteiger partial charge in [-0.3, -0.25) is 9.59 Å². The molecule has 3 N–H and O–H groups in total. The Labute approximate surface area is 193 Å². The molecular formula is C27H28N2O4. The molecule has 0 aliphatic carbocycles.